The Morgan fingerprint density at radius 3 is 2.43 bits per heavy atom. The van der Waals surface area contributed by atoms with E-state index in [9.17, 15) is 13.2 Å². The number of aromatic nitrogens is 3. The summed E-state index contributed by atoms with van der Waals surface area (Å²) in [7, 11) is -3.89. The minimum atomic E-state index is -3.89. The third kappa shape index (κ3) is 3.47. The van der Waals surface area contributed by atoms with Crippen LogP contribution in [0.5, 0.6) is 0 Å². The Bertz CT molecular complexity index is 857. The summed E-state index contributed by atoms with van der Waals surface area (Å²) in [6.07, 6.45) is 3.06. The second-order valence-electron chi connectivity index (χ2n) is 6.58. The van der Waals surface area contributed by atoms with Crippen molar-refractivity contribution >= 4 is 15.7 Å². The van der Waals surface area contributed by atoms with Crippen molar-refractivity contribution in [3.8, 4) is 0 Å². The van der Waals surface area contributed by atoms with Crippen molar-refractivity contribution in [2.24, 2.45) is 0 Å². The van der Waals surface area contributed by atoms with Gasteiger partial charge in [0.1, 0.15) is 5.69 Å². The molecular formula is C15H22N4O3S. The van der Waals surface area contributed by atoms with Gasteiger partial charge in [0.25, 0.3) is 15.6 Å². The number of sulfonamides is 1. The fourth-order valence-electron chi connectivity index (χ4n) is 2.20. The zero-order valence-electron chi connectivity index (χ0n) is 13.9. The number of pyridine rings is 1. The molecular weight excluding hydrogens is 316 g/mol. The van der Waals surface area contributed by atoms with Gasteiger partial charge in [0.2, 0.25) is 0 Å². The van der Waals surface area contributed by atoms with Crippen molar-refractivity contribution in [1.82, 2.24) is 14.3 Å². The Hall–Kier alpha value is -2.09. The molecule has 0 saturated heterocycles. The maximum Gasteiger partial charge on any atom is 0.279 e. The van der Waals surface area contributed by atoms with E-state index in [4.69, 9.17) is 0 Å². The van der Waals surface area contributed by atoms with Gasteiger partial charge in [0, 0.05) is 17.8 Å². The molecule has 8 heteroatoms. The average molecular weight is 338 g/mol. The molecule has 2 aromatic rings. The van der Waals surface area contributed by atoms with Gasteiger partial charge in [-0.3, -0.25) is 9.52 Å². The predicted octanol–water partition coefficient (Wildman–Crippen LogP) is 2.18. The van der Waals surface area contributed by atoms with Crippen molar-refractivity contribution in [3.05, 3.63) is 40.9 Å². The van der Waals surface area contributed by atoms with Crippen LogP contribution in [-0.2, 0) is 15.6 Å². The number of nitrogens with one attached hydrogen (secondary N) is 1. The highest BCUT2D eigenvalue weighted by atomic mass is 32.2. The molecule has 0 spiro atoms. The average Bonchev–Trinajstić information content (AvgIpc) is 2.90. The first kappa shape index (κ1) is 17.3. The van der Waals surface area contributed by atoms with E-state index in [-0.39, 0.29) is 22.3 Å². The standard InChI is InChI=1S/C15H22N4O3S/c1-11(2)19-13(8-9-16-19)23(21,22)17-12-7-6-10-18(14(12)20)15(3,4)5/h6-11,17H,1-5H3. The van der Waals surface area contributed by atoms with Gasteiger partial charge in [-0.2, -0.15) is 13.5 Å². The van der Waals surface area contributed by atoms with Crippen LogP contribution in [-0.4, -0.2) is 22.8 Å². The molecule has 7 nitrogen and oxygen atoms in total. The van der Waals surface area contributed by atoms with Crippen LogP contribution < -0.4 is 10.3 Å². The number of rotatable bonds is 4. The van der Waals surface area contributed by atoms with Crippen LogP contribution in [0.15, 0.2) is 40.4 Å². The van der Waals surface area contributed by atoms with E-state index < -0.39 is 15.6 Å². The molecule has 0 fully saturated rings. The second kappa shape index (κ2) is 5.84. The Labute approximate surface area is 136 Å². The van der Waals surface area contributed by atoms with E-state index in [1.165, 1.54) is 27.6 Å². The van der Waals surface area contributed by atoms with E-state index in [1.54, 1.807) is 12.3 Å². The van der Waals surface area contributed by atoms with Gasteiger partial charge >= 0.3 is 0 Å². The molecule has 0 saturated carbocycles. The number of nitrogens with zero attached hydrogens (tertiary/aromatic N) is 3. The zero-order chi connectivity index (χ0) is 17.4. The summed E-state index contributed by atoms with van der Waals surface area (Å²) in [5.74, 6) is 0. The molecule has 23 heavy (non-hydrogen) atoms. The van der Waals surface area contributed by atoms with Gasteiger partial charge in [-0.15, -0.1) is 0 Å². The van der Waals surface area contributed by atoms with Gasteiger partial charge in [0.15, 0.2) is 5.03 Å². The van der Waals surface area contributed by atoms with Gasteiger partial charge < -0.3 is 4.57 Å². The van der Waals surface area contributed by atoms with Gasteiger partial charge in [0.05, 0.1) is 6.20 Å². The molecule has 2 heterocycles. The minimum absolute atomic E-state index is 0.0129. The van der Waals surface area contributed by atoms with E-state index in [0.29, 0.717) is 0 Å². The highest BCUT2D eigenvalue weighted by Gasteiger charge is 2.23. The van der Waals surface area contributed by atoms with Gasteiger partial charge in [-0.05, 0) is 52.8 Å². The Kier molecular flexibility index (Phi) is 4.39. The maximum atomic E-state index is 12.6. The third-order valence-electron chi connectivity index (χ3n) is 3.31. The van der Waals surface area contributed by atoms with Crippen molar-refractivity contribution in [1.29, 1.82) is 0 Å². The van der Waals surface area contributed by atoms with Crippen LogP contribution in [0.25, 0.3) is 0 Å². The summed E-state index contributed by atoms with van der Waals surface area (Å²) in [5.41, 5.74) is -0.823. The Morgan fingerprint density at radius 1 is 1.22 bits per heavy atom. The monoisotopic (exact) mass is 338 g/mol. The van der Waals surface area contributed by atoms with E-state index in [1.807, 2.05) is 34.6 Å². The SMILES string of the molecule is CC(C)n1nccc1S(=O)(=O)Nc1cccn(C(C)(C)C)c1=O. The molecule has 0 radical (unpaired) electrons. The summed E-state index contributed by atoms with van der Waals surface area (Å²) < 4.78 is 30.4. The van der Waals surface area contributed by atoms with Crippen molar-refractivity contribution in [2.45, 2.75) is 51.2 Å². The molecule has 0 bridgehead atoms. The topological polar surface area (TPSA) is 86.0 Å². The minimum Gasteiger partial charge on any atom is -0.308 e. The summed E-state index contributed by atoms with van der Waals surface area (Å²) >= 11 is 0. The molecule has 0 aliphatic heterocycles. The zero-order valence-corrected chi connectivity index (χ0v) is 14.8. The lowest BCUT2D eigenvalue weighted by atomic mass is 10.1. The highest BCUT2D eigenvalue weighted by Crippen LogP contribution is 2.18. The van der Waals surface area contributed by atoms with E-state index in [2.05, 4.69) is 9.82 Å². The fourth-order valence-corrected chi connectivity index (χ4v) is 3.49. The quantitative estimate of drug-likeness (QED) is 0.926. The van der Waals surface area contributed by atoms with Crippen LogP contribution in [0.3, 0.4) is 0 Å². The first-order chi connectivity index (χ1) is 10.5. The molecule has 0 aliphatic carbocycles. The van der Waals surface area contributed by atoms with E-state index in [0.717, 1.165) is 0 Å². The second-order valence-corrected chi connectivity index (χ2v) is 8.21. The van der Waals surface area contributed by atoms with Crippen molar-refractivity contribution in [3.63, 3.8) is 0 Å². The number of anilines is 1. The lowest BCUT2D eigenvalue weighted by Gasteiger charge is -2.23. The predicted molar refractivity (Wildman–Crippen MR) is 89.1 cm³/mol. The van der Waals surface area contributed by atoms with E-state index >= 15 is 0 Å². The molecule has 0 atom stereocenters. The molecule has 0 amide bonds. The normalized spacial score (nSPS) is 12.6. The summed E-state index contributed by atoms with van der Waals surface area (Å²) in [6.45, 7) is 9.30. The highest BCUT2D eigenvalue weighted by molar-refractivity contribution is 7.92. The largest absolute Gasteiger partial charge is 0.308 e. The van der Waals surface area contributed by atoms with Crippen LogP contribution in [0.4, 0.5) is 5.69 Å². The van der Waals surface area contributed by atoms with Crippen LogP contribution in [0, 0.1) is 0 Å². The van der Waals surface area contributed by atoms with Crippen LogP contribution in [0.1, 0.15) is 40.7 Å². The maximum absolute atomic E-state index is 12.6. The number of hydrogen-bond acceptors (Lipinski definition) is 4. The molecule has 126 valence electrons. The molecule has 0 unspecified atom stereocenters. The van der Waals surface area contributed by atoms with Crippen molar-refractivity contribution in [2.75, 3.05) is 4.72 Å². The summed E-state index contributed by atoms with van der Waals surface area (Å²) in [6, 6.07) is 4.40. The Balaban J connectivity index is 2.47. The lowest BCUT2D eigenvalue weighted by molar-refractivity contribution is 0.385. The first-order valence-corrected chi connectivity index (χ1v) is 8.81. The lowest BCUT2D eigenvalue weighted by Crippen LogP contribution is -2.35. The van der Waals surface area contributed by atoms with Gasteiger partial charge in [-0.1, -0.05) is 0 Å². The van der Waals surface area contributed by atoms with Crippen molar-refractivity contribution < 1.29 is 8.42 Å². The molecule has 1 N–H and O–H groups in total. The number of hydrogen-bond donors (Lipinski definition) is 1. The third-order valence-corrected chi connectivity index (χ3v) is 4.68. The van der Waals surface area contributed by atoms with Gasteiger partial charge in [-0.25, -0.2) is 4.68 Å². The first-order valence-electron chi connectivity index (χ1n) is 7.32. The smallest absolute Gasteiger partial charge is 0.279 e. The summed E-state index contributed by atoms with van der Waals surface area (Å²) in [4.78, 5) is 12.5. The molecule has 2 rings (SSSR count). The van der Waals surface area contributed by atoms with Crippen LogP contribution in [0.2, 0.25) is 0 Å². The molecule has 0 aliphatic rings. The summed E-state index contributed by atoms with van der Waals surface area (Å²) in [5, 5.41) is 4.04. The molecule has 0 aromatic carbocycles. The fraction of sp³-hybridized carbons (Fsp3) is 0.467. The molecule has 2 aromatic heterocycles. The Morgan fingerprint density at radius 2 is 1.87 bits per heavy atom. The van der Waals surface area contributed by atoms with Crippen LogP contribution >= 0.6 is 0 Å².